The van der Waals surface area contributed by atoms with E-state index in [4.69, 9.17) is 100 Å². The first-order valence-electron chi connectivity index (χ1n) is 47.4. The zero-order valence-corrected chi connectivity index (χ0v) is 90.1. The molecule has 748 valence electrons. The third kappa shape index (κ3) is 39.0. The van der Waals surface area contributed by atoms with Crippen LogP contribution in [0.25, 0.3) is 0 Å². The Kier molecular flexibility index (Phi) is 51.7. The van der Waals surface area contributed by atoms with Gasteiger partial charge < -0.3 is 85.4 Å². The fourth-order valence-electron chi connectivity index (χ4n) is 17.6. The molecular formula is C102H146BrCl4N16NaO13. The number of aliphatic carboxylic acids is 2. The van der Waals surface area contributed by atoms with E-state index in [1.54, 1.807) is 77.5 Å². The van der Waals surface area contributed by atoms with Crippen LogP contribution in [0.5, 0.6) is 0 Å². The summed E-state index contributed by atoms with van der Waals surface area (Å²) in [5.74, 6) is 5.02. The molecule has 12 rings (SSSR count). The van der Waals surface area contributed by atoms with Gasteiger partial charge in [0.05, 0.1) is 107 Å². The van der Waals surface area contributed by atoms with Crippen molar-refractivity contribution in [1.82, 2.24) is 39.9 Å². The average molecular weight is 2050 g/mol. The number of carbonyl (C=O) groups excluding carboxylic acids is 2. The Morgan fingerprint density at radius 3 is 0.818 bits per heavy atom. The van der Waals surface area contributed by atoms with Crippen LogP contribution in [0.15, 0.2) is 127 Å². The number of rotatable bonds is 38. The number of nitrogen functional groups attached to an aromatic ring is 1. The summed E-state index contributed by atoms with van der Waals surface area (Å²) in [6.45, 7) is 29.2. The third-order valence-corrected chi connectivity index (χ3v) is 26.3. The van der Waals surface area contributed by atoms with E-state index >= 15 is 0 Å². The van der Waals surface area contributed by atoms with E-state index in [9.17, 15) is 29.4 Å². The van der Waals surface area contributed by atoms with Crippen molar-refractivity contribution in [2.24, 2.45) is 23.7 Å². The second-order valence-corrected chi connectivity index (χ2v) is 40.1. The molecule has 0 bridgehead atoms. The second kappa shape index (κ2) is 60.3. The molecule has 35 heteroatoms. The number of carbonyl (C=O) groups is 4. The van der Waals surface area contributed by atoms with Crippen molar-refractivity contribution >= 4 is 150 Å². The topological polar surface area (TPSA) is 372 Å². The molecule has 0 unspecified atom stereocenters. The minimum Gasteiger partial charge on any atom is -0.870 e. The summed E-state index contributed by atoms with van der Waals surface area (Å²) in [6.07, 6.45) is 32.7. The number of anilines is 11. The normalized spacial score (nSPS) is 18.7. The summed E-state index contributed by atoms with van der Waals surface area (Å²) < 4.78 is 32.7. The number of hydrogen-bond acceptors (Lipinski definition) is 27. The second-order valence-electron chi connectivity index (χ2n) is 37.6. The van der Waals surface area contributed by atoms with Gasteiger partial charge in [0, 0.05) is 128 Å². The van der Waals surface area contributed by atoms with E-state index < -0.39 is 11.9 Å². The molecule has 137 heavy (non-hydrogen) atoms. The van der Waals surface area contributed by atoms with Crippen molar-refractivity contribution in [3.63, 3.8) is 0 Å². The summed E-state index contributed by atoms with van der Waals surface area (Å²) in [4.78, 5) is 92.0. The number of nitrogens with two attached hydrogens (primary N) is 1. The first kappa shape index (κ1) is 118. The van der Waals surface area contributed by atoms with Crippen molar-refractivity contribution in [2.75, 3.05) is 110 Å². The summed E-state index contributed by atoms with van der Waals surface area (Å²) in [5, 5.41) is 31.2. The Hall–Kier alpha value is -8.08. The first-order valence-corrected chi connectivity index (χ1v) is 49.7. The monoisotopic (exact) mass is 2040 g/mol. The fraction of sp³-hybridized carbons (Fsp3) is 0.569. The van der Waals surface area contributed by atoms with Crippen LogP contribution < -0.4 is 70.8 Å². The molecule has 8 aromatic rings. The Balaban J connectivity index is 0.000000272. The molecule has 0 spiro atoms. The van der Waals surface area contributed by atoms with Crippen LogP contribution >= 0.6 is 62.3 Å². The molecule has 4 aliphatic carbocycles. The minimum atomic E-state index is -0.822. The minimum absolute atomic E-state index is 0. The van der Waals surface area contributed by atoms with Gasteiger partial charge in [0.25, 0.3) is 0 Å². The van der Waals surface area contributed by atoms with Gasteiger partial charge in [0.2, 0.25) is 0 Å². The van der Waals surface area contributed by atoms with Crippen molar-refractivity contribution < 1.29 is 92.8 Å². The largest absolute Gasteiger partial charge is 1.00 e. The van der Waals surface area contributed by atoms with Gasteiger partial charge in [0.15, 0.2) is 23.3 Å². The molecule has 0 saturated heterocycles. The van der Waals surface area contributed by atoms with Crippen molar-refractivity contribution in [3.05, 3.63) is 169 Å². The number of esters is 2. The zero-order chi connectivity index (χ0) is 98.5. The van der Waals surface area contributed by atoms with E-state index in [0.717, 1.165) is 196 Å². The Labute approximate surface area is 862 Å². The molecule has 8 aromatic heterocycles. The van der Waals surface area contributed by atoms with Crippen LogP contribution in [0.2, 0.25) is 20.1 Å². The van der Waals surface area contributed by atoms with E-state index in [-0.39, 0.29) is 83.5 Å². The fourth-order valence-corrected chi connectivity index (χ4v) is 18.2. The van der Waals surface area contributed by atoms with Gasteiger partial charge in [-0.3, -0.25) is 19.2 Å². The molecule has 4 aliphatic rings. The number of hydrogen-bond donors (Lipinski definition) is 6. The molecule has 4 atom stereocenters. The predicted octanol–water partition coefficient (Wildman–Crippen LogP) is 20.8. The Morgan fingerprint density at radius 2 is 0.606 bits per heavy atom. The van der Waals surface area contributed by atoms with Crippen LogP contribution in [0.1, 0.15) is 257 Å². The van der Waals surface area contributed by atoms with Crippen LogP contribution in [0.3, 0.4) is 0 Å². The smallest absolute Gasteiger partial charge is 0.870 e. The summed E-state index contributed by atoms with van der Waals surface area (Å²) >= 11 is 26.8. The maximum absolute atomic E-state index is 11.9. The van der Waals surface area contributed by atoms with E-state index in [1.165, 1.54) is 14.2 Å². The number of pyridine rings is 8. The number of methoxy groups -OCH3 is 6. The van der Waals surface area contributed by atoms with Gasteiger partial charge in [-0.2, -0.15) is 0 Å². The van der Waals surface area contributed by atoms with Gasteiger partial charge in [-0.1, -0.05) is 129 Å². The number of carboxylic acids is 2. The van der Waals surface area contributed by atoms with Gasteiger partial charge in [-0.25, -0.2) is 39.9 Å². The molecule has 0 aromatic carbocycles. The molecule has 4 saturated carbocycles. The molecule has 4 fully saturated rings. The van der Waals surface area contributed by atoms with E-state index in [2.05, 4.69) is 133 Å². The molecule has 0 radical (unpaired) electrons. The predicted molar refractivity (Wildman–Crippen MR) is 550 cm³/mol. The van der Waals surface area contributed by atoms with Crippen LogP contribution in [-0.4, -0.2) is 197 Å². The zero-order valence-electron chi connectivity index (χ0n) is 83.5. The SMILES string of the molecule is COC(=O)C[C@@H](C)c1cnc(N(CC(C)C)C2CCC(OC)CC2)c(N)c1.COC(=O)C[C@@H](C)c1cnc(N(CC(C)C)C2CCC(OC)CC2)c(Nc2ccc(Cl)cn2)c1.COC1CCC(N(CC(C)C)c2ncc([C@H](C)CC(=O)O)cc2Nc2ccc(Cl)cn2)CC1.COC1CCC(N(CC(C)C)c2ncc([C@H](C)CC(=O)O)cc2Nc2ccc(Cl)cn2)CC1.Clc1ccc(Br)nc1.[Na+].[OH-]. The number of ether oxygens (including phenoxy) is 6. The Bertz CT molecular complexity index is 4730. The van der Waals surface area contributed by atoms with Gasteiger partial charge >= 0.3 is 53.4 Å². The third-order valence-electron chi connectivity index (χ3n) is 24.9. The maximum atomic E-state index is 11.9. The maximum Gasteiger partial charge on any atom is 1.00 e. The number of nitrogens with one attached hydrogen (secondary N) is 3. The van der Waals surface area contributed by atoms with E-state index in [0.29, 0.717) is 128 Å². The van der Waals surface area contributed by atoms with E-state index in [1.807, 2.05) is 94.9 Å². The van der Waals surface area contributed by atoms with Gasteiger partial charge in [-0.15, -0.1) is 0 Å². The summed E-state index contributed by atoms with van der Waals surface area (Å²) in [7, 11) is 10.00. The van der Waals surface area contributed by atoms with Gasteiger partial charge in [0.1, 0.15) is 22.1 Å². The van der Waals surface area contributed by atoms with Crippen molar-refractivity contribution in [2.45, 2.75) is 284 Å². The summed E-state index contributed by atoms with van der Waals surface area (Å²) in [6, 6.07) is 24.1. The van der Waals surface area contributed by atoms with Crippen LogP contribution in [0, 0.1) is 23.7 Å². The summed E-state index contributed by atoms with van der Waals surface area (Å²) in [5.41, 5.74) is 13.3. The number of aromatic nitrogens is 8. The number of halogens is 5. The molecule has 8 N–H and O–H groups in total. The molecule has 29 nitrogen and oxygen atoms in total. The van der Waals surface area contributed by atoms with Crippen molar-refractivity contribution in [1.29, 1.82) is 0 Å². The number of nitrogens with zero attached hydrogens (tertiary/aromatic N) is 12. The van der Waals surface area contributed by atoms with Gasteiger partial charge in [-0.05, 0) is 261 Å². The molecule has 8 heterocycles. The first-order chi connectivity index (χ1) is 64.5. The van der Waals surface area contributed by atoms with Crippen LogP contribution in [-0.2, 0) is 47.6 Å². The van der Waals surface area contributed by atoms with Crippen LogP contribution in [0.4, 0.5) is 63.5 Å². The van der Waals surface area contributed by atoms with Crippen molar-refractivity contribution in [3.8, 4) is 0 Å². The number of carboxylic acid groups (broad SMARTS) is 2. The Morgan fingerprint density at radius 1 is 0.365 bits per heavy atom. The molecule has 0 amide bonds. The quantitative estimate of drug-likeness (QED) is 0.0119. The average Bonchev–Trinajstić information content (AvgIpc) is 0.807. The standard InChI is InChI=1S/C26H37ClN4O3.2C25H35ClN4O3.C21H35N3O3.C5H3BrClN.Na.H2O/c1-17(2)16-31(21-7-9-22(33-4)10-8-21)26-23(30-24-11-6-20(27)15-28-24)13-19(14-29-26)18(3)12-25(32)34-5;2*1-16(2)15-30(20-6-8-21(33-4)9-7-20)25-22(29-23-10-5-19(26)14-27-23)12-18(13-28-25)17(3)11-24(31)32;1-14(2)13-24(17-6-8-18(26-4)9-7-17)21-19(22)11-16(12-23-21)15(3)10-20(25)27-5;6-5-2-1-4(7)3-8-5;;/h6,11,13-15,17-18,21-22H,7-10,12,16H2,1-5H3,(H,28,30);2*5,10,12-14,16-17,20-21H,6-9,11,15H2,1-4H3,(H,27,29)(H,31,32);11-12,14-15,17-18H,6-10,13,22H2,1-5H3;1-3H;;1H2/q;;;;;+1;/p-1/t18-,21?,22?;2*17-,20?,21?;15-,17?,18?;;;/m1111.../s1. The molecular weight excluding hydrogens is 1900 g/mol. The molecule has 0 aliphatic heterocycles.